The number of hydrogen-bond donors (Lipinski definition) is 0. The molecule has 1 amide bonds. The average Bonchev–Trinajstić information content (AvgIpc) is 2.62. The van der Waals surface area contributed by atoms with Crippen LogP contribution < -0.4 is 4.90 Å². The molecule has 3 rings (SSSR count). The minimum atomic E-state index is -0.0580. The number of likely N-dealkylation sites (N-methyl/N-ethyl adjacent to an activating group) is 1. The quantitative estimate of drug-likeness (QED) is 0.874. The minimum Gasteiger partial charge on any atom is -0.369 e. The Hall–Kier alpha value is -2.43. The molecule has 1 aromatic heterocycles. The number of anilines is 1. The first-order valence-corrected chi connectivity index (χ1v) is 8.01. The van der Waals surface area contributed by atoms with E-state index in [0.29, 0.717) is 5.69 Å². The van der Waals surface area contributed by atoms with Gasteiger partial charge in [0.2, 0.25) is 0 Å². The van der Waals surface area contributed by atoms with E-state index in [1.165, 1.54) is 5.69 Å². The van der Waals surface area contributed by atoms with Gasteiger partial charge in [-0.1, -0.05) is 18.2 Å². The molecule has 0 N–H and O–H groups in total. The number of aromatic nitrogens is 2. The van der Waals surface area contributed by atoms with Gasteiger partial charge in [0.15, 0.2) is 0 Å². The summed E-state index contributed by atoms with van der Waals surface area (Å²) in [5.74, 6) is -0.0580. The van der Waals surface area contributed by atoms with Crippen LogP contribution in [-0.4, -0.2) is 47.0 Å². The minimum absolute atomic E-state index is 0.0580. The van der Waals surface area contributed by atoms with Gasteiger partial charge in [-0.05, 0) is 31.9 Å². The van der Waals surface area contributed by atoms with E-state index < -0.39 is 0 Å². The maximum Gasteiger partial charge on any atom is 0.274 e. The highest BCUT2D eigenvalue weighted by molar-refractivity contribution is 5.92. The fourth-order valence-corrected chi connectivity index (χ4v) is 2.99. The Balaban J connectivity index is 1.70. The van der Waals surface area contributed by atoms with Crippen LogP contribution in [0.2, 0.25) is 0 Å². The van der Waals surface area contributed by atoms with E-state index in [9.17, 15) is 4.79 Å². The van der Waals surface area contributed by atoms with E-state index in [1.54, 1.807) is 12.4 Å². The van der Waals surface area contributed by atoms with Crippen molar-refractivity contribution in [3.63, 3.8) is 0 Å². The van der Waals surface area contributed by atoms with Crippen molar-refractivity contribution in [3.05, 3.63) is 54.1 Å². The molecule has 1 saturated heterocycles. The highest BCUT2D eigenvalue weighted by Crippen LogP contribution is 2.22. The maximum absolute atomic E-state index is 12.6. The molecular weight excluding hydrogens is 288 g/mol. The second-order valence-corrected chi connectivity index (χ2v) is 6.04. The fourth-order valence-electron chi connectivity index (χ4n) is 2.99. The van der Waals surface area contributed by atoms with E-state index in [0.717, 1.165) is 31.6 Å². The molecule has 1 fully saturated rings. The second-order valence-electron chi connectivity index (χ2n) is 6.04. The topological polar surface area (TPSA) is 49.3 Å². The van der Waals surface area contributed by atoms with Crippen molar-refractivity contribution in [2.24, 2.45) is 0 Å². The van der Waals surface area contributed by atoms with Crippen molar-refractivity contribution in [1.29, 1.82) is 0 Å². The van der Waals surface area contributed by atoms with E-state index in [4.69, 9.17) is 0 Å². The lowest BCUT2D eigenvalue weighted by atomic mass is 10.0. The number of piperidine rings is 1. The summed E-state index contributed by atoms with van der Waals surface area (Å²) in [6.07, 6.45) is 5.30. The largest absolute Gasteiger partial charge is 0.369 e. The number of aryl methyl sites for hydroxylation is 1. The highest BCUT2D eigenvalue weighted by atomic mass is 16.2. The van der Waals surface area contributed by atoms with Crippen LogP contribution in [0.1, 0.15) is 29.0 Å². The Morgan fingerprint density at radius 1 is 1.22 bits per heavy atom. The van der Waals surface area contributed by atoms with Gasteiger partial charge in [-0.25, -0.2) is 4.98 Å². The van der Waals surface area contributed by atoms with Crippen LogP contribution in [0.15, 0.2) is 42.7 Å². The summed E-state index contributed by atoms with van der Waals surface area (Å²) >= 11 is 0. The van der Waals surface area contributed by atoms with Crippen LogP contribution in [0, 0.1) is 6.92 Å². The summed E-state index contributed by atoms with van der Waals surface area (Å²) in [6.45, 7) is 3.75. The van der Waals surface area contributed by atoms with Gasteiger partial charge in [0.25, 0.3) is 5.91 Å². The molecule has 1 atom stereocenters. The zero-order valence-electron chi connectivity index (χ0n) is 13.6. The van der Waals surface area contributed by atoms with Crippen LogP contribution in [0.3, 0.4) is 0 Å². The van der Waals surface area contributed by atoms with Gasteiger partial charge in [-0.15, -0.1) is 0 Å². The molecule has 120 valence electrons. The monoisotopic (exact) mass is 310 g/mol. The summed E-state index contributed by atoms with van der Waals surface area (Å²) < 4.78 is 0. The molecule has 1 aliphatic rings. The molecule has 1 aromatic carbocycles. The third-order valence-electron chi connectivity index (χ3n) is 4.39. The van der Waals surface area contributed by atoms with Crippen molar-refractivity contribution in [1.82, 2.24) is 14.9 Å². The Morgan fingerprint density at radius 2 is 2.00 bits per heavy atom. The molecule has 0 saturated carbocycles. The van der Waals surface area contributed by atoms with Gasteiger partial charge < -0.3 is 9.80 Å². The predicted molar refractivity (Wildman–Crippen MR) is 90.5 cm³/mol. The lowest BCUT2D eigenvalue weighted by Gasteiger charge is -2.38. The van der Waals surface area contributed by atoms with E-state index in [-0.39, 0.29) is 11.9 Å². The van der Waals surface area contributed by atoms with Crippen LogP contribution in [0.4, 0.5) is 5.69 Å². The number of carbonyl (C=O) groups excluding carboxylic acids is 1. The average molecular weight is 310 g/mol. The van der Waals surface area contributed by atoms with E-state index in [1.807, 2.05) is 24.9 Å². The van der Waals surface area contributed by atoms with Crippen molar-refractivity contribution in [2.45, 2.75) is 25.8 Å². The summed E-state index contributed by atoms with van der Waals surface area (Å²) in [6, 6.07) is 10.6. The van der Waals surface area contributed by atoms with Gasteiger partial charge in [-0.2, -0.15) is 0 Å². The normalized spacial score (nSPS) is 17.8. The molecular formula is C18H22N4O. The Kier molecular flexibility index (Phi) is 4.55. The van der Waals surface area contributed by atoms with E-state index >= 15 is 0 Å². The predicted octanol–water partition coefficient (Wildman–Crippen LogP) is 2.53. The van der Waals surface area contributed by atoms with Crippen molar-refractivity contribution < 1.29 is 4.79 Å². The van der Waals surface area contributed by atoms with Crippen LogP contribution >= 0.6 is 0 Å². The third kappa shape index (κ3) is 3.50. The number of amides is 1. The molecule has 2 aromatic rings. The number of nitrogens with zero attached hydrogens (tertiary/aromatic N) is 4. The molecule has 5 heteroatoms. The van der Waals surface area contributed by atoms with Gasteiger partial charge in [0.1, 0.15) is 5.69 Å². The number of carbonyl (C=O) groups is 1. The van der Waals surface area contributed by atoms with Gasteiger partial charge in [0, 0.05) is 38.1 Å². The number of para-hydroxylation sites is 1. The first kappa shape index (κ1) is 15.5. The van der Waals surface area contributed by atoms with Crippen molar-refractivity contribution in [3.8, 4) is 0 Å². The lowest BCUT2D eigenvalue weighted by molar-refractivity contribution is 0.0711. The SMILES string of the molecule is Cc1cnc(C(=O)N(C)[C@@H]2CCCN(c3ccccc3)C2)cn1. The number of hydrogen-bond acceptors (Lipinski definition) is 4. The maximum atomic E-state index is 12.6. The Bertz CT molecular complexity index is 656. The summed E-state index contributed by atoms with van der Waals surface area (Å²) in [5.41, 5.74) is 2.44. The molecule has 1 aliphatic heterocycles. The molecule has 0 spiro atoms. The van der Waals surface area contributed by atoms with Crippen LogP contribution in [0.5, 0.6) is 0 Å². The Labute approximate surface area is 137 Å². The smallest absolute Gasteiger partial charge is 0.274 e. The first-order chi connectivity index (χ1) is 11.1. The number of benzene rings is 1. The zero-order valence-corrected chi connectivity index (χ0v) is 13.6. The Morgan fingerprint density at radius 3 is 2.70 bits per heavy atom. The summed E-state index contributed by atoms with van der Waals surface area (Å²) in [5, 5.41) is 0. The third-order valence-corrected chi connectivity index (χ3v) is 4.39. The van der Waals surface area contributed by atoms with Crippen molar-refractivity contribution in [2.75, 3.05) is 25.0 Å². The van der Waals surface area contributed by atoms with Crippen LogP contribution in [0.25, 0.3) is 0 Å². The highest BCUT2D eigenvalue weighted by Gasteiger charge is 2.27. The standard InChI is InChI=1S/C18H22N4O/c1-14-11-20-17(12-19-14)18(23)21(2)16-9-6-10-22(13-16)15-7-4-3-5-8-15/h3-5,7-8,11-12,16H,6,9-10,13H2,1-2H3/t16-/m1/s1. The van der Waals surface area contributed by atoms with Gasteiger partial charge in [0.05, 0.1) is 11.9 Å². The fraction of sp³-hybridized carbons (Fsp3) is 0.389. The summed E-state index contributed by atoms with van der Waals surface area (Å²) in [4.78, 5) is 25.1. The molecule has 5 nitrogen and oxygen atoms in total. The van der Waals surface area contributed by atoms with Crippen molar-refractivity contribution >= 4 is 11.6 Å². The summed E-state index contributed by atoms with van der Waals surface area (Å²) in [7, 11) is 1.86. The molecule has 0 radical (unpaired) electrons. The molecule has 0 bridgehead atoms. The molecule has 2 heterocycles. The van der Waals surface area contributed by atoms with E-state index in [2.05, 4.69) is 39.1 Å². The van der Waals surface area contributed by atoms with Gasteiger partial charge in [-0.3, -0.25) is 9.78 Å². The molecule has 23 heavy (non-hydrogen) atoms. The van der Waals surface area contributed by atoms with Crippen LogP contribution in [-0.2, 0) is 0 Å². The van der Waals surface area contributed by atoms with Gasteiger partial charge >= 0.3 is 0 Å². The first-order valence-electron chi connectivity index (χ1n) is 8.01. The lowest BCUT2D eigenvalue weighted by Crippen LogP contribution is -2.48. The second kappa shape index (κ2) is 6.77. The zero-order chi connectivity index (χ0) is 16.2. The molecule has 0 aliphatic carbocycles. The number of rotatable bonds is 3. The molecule has 0 unspecified atom stereocenters.